The van der Waals surface area contributed by atoms with Crippen LogP contribution in [0.25, 0.3) is 28.6 Å². The maximum absolute atomic E-state index is 5.82. The fourth-order valence-electron chi connectivity index (χ4n) is 2.30. The molecule has 0 fully saturated rings. The number of hydrogen-bond donors (Lipinski definition) is 1. The van der Waals surface area contributed by atoms with Gasteiger partial charge in [0.15, 0.2) is 17.3 Å². The molecule has 4 rings (SSSR count). The number of nitrogen functional groups attached to an aromatic ring is 1. The van der Waals surface area contributed by atoms with E-state index in [2.05, 4.69) is 20.3 Å². The van der Waals surface area contributed by atoms with Gasteiger partial charge >= 0.3 is 0 Å². The minimum Gasteiger partial charge on any atom is -0.380 e. The molecule has 2 aromatic carbocycles. The molecule has 0 atom stereocenters. The highest BCUT2D eigenvalue weighted by Crippen LogP contribution is 2.26. The van der Waals surface area contributed by atoms with Crippen LogP contribution in [0.2, 0.25) is 0 Å². The number of nitrogens with zero attached hydrogens (tertiary/aromatic N) is 5. The van der Waals surface area contributed by atoms with Crippen LogP contribution in [0.4, 0.5) is 5.82 Å². The fourth-order valence-corrected chi connectivity index (χ4v) is 2.30. The zero-order valence-electron chi connectivity index (χ0n) is 11.6. The molecule has 0 radical (unpaired) electrons. The quantitative estimate of drug-likeness (QED) is 0.612. The summed E-state index contributed by atoms with van der Waals surface area (Å²) in [5.41, 5.74) is 8.17. The monoisotopic (exact) mass is 288 g/mol. The molecule has 0 amide bonds. The third kappa shape index (κ3) is 1.98. The maximum Gasteiger partial charge on any atom is 0.208 e. The first-order valence-electron chi connectivity index (χ1n) is 6.83. The van der Waals surface area contributed by atoms with E-state index in [1.54, 1.807) is 4.68 Å². The molecule has 0 aromatic heterocycles. The van der Waals surface area contributed by atoms with Crippen LogP contribution < -0.4 is 5.73 Å². The third-order valence-electron chi connectivity index (χ3n) is 3.35. The Hall–Kier alpha value is -3.28. The molecule has 0 aliphatic carbocycles. The molecule has 0 spiro atoms. The van der Waals surface area contributed by atoms with Crippen molar-refractivity contribution in [3.8, 4) is 28.6 Å². The number of aromatic nitrogens is 5. The minimum atomic E-state index is 0.284. The minimum absolute atomic E-state index is 0.284. The number of rotatable bonds is 2. The highest BCUT2D eigenvalue weighted by molar-refractivity contribution is 5.68. The van der Waals surface area contributed by atoms with Crippen molar-refractivity contribution in [2.24, 2.45) is 0 Å². The number of benzene rings is 2. The predicted molar refractivity (Wildman–Crippen MR) is 83.4 cm³/mol. The third-order valence-corrected chi connectivity index (χ3v) is 3.35. The summed E-state index contributed by atoms with van der Waals surface area (Å²) in [6.45, 7) is 0. The van der Waals surface area contributed by atoms with Crippen LogP contribution in [0.1, 0.15) is 0 Å². The Morgan fingerprint density at radius 1 is 0.818 bits per heavy atom. The number of hydrogen-bond acceptors (Lipinski definition) is 5. The molecule has 0 unspecified atom stereocenters. The highest BCUT2D eigenvalue weighted by atomic mass is 15.4. The molecule has 6 heteroatoms. The van der Waals surface area contributed by atoms with Gasteiger partial charge in [0.05, 0.1) is 5.69 Å². The van der Waals surface area contributed by atoms with Gasteiger partial charge in [0.2, 0.25) is 5.82 Å². The lowest BCUT2D eigenvalue weighted by Crippen LogP contribution is -2.10. The molecule has 2 aromatic rings. The van der Waals surface area contributed by atoms with E-state index in [9.17, 15) is 0 Å². The Morgan fingerprint density at radius 2 is 1.50 bits per heavy atom. The Balaban J connectivity index is 2.04. The van der Waals surface area contributed by atoms with E-state index in [0.717, 1.165) is 11.3 Å². The normalized spacial score (nSPS) is 10.9. The van der Waals surface area contributed by atoms with Gasteiger partial charge in [-0.3, -0.25) is 0 Å². The molecule has 2 heterocycles. The van der Waals surface area contributed by atoms with Crippen LogP contribution in [0.15, 0.2) is 60.7 Å². The van der Waals surface area contributed by atoms with Gasteiger partial charge in [-0.2, -0.15) is 5.10 Å². The standard InChI is InChI=1S/C16H12N6/c17-14-13-15(20-19-14)18-16(11-7-3-1-4-8-11)22(21-13)12-9-5-2-6-10-12/h1-10H,(H2,17,19). The molecule has 6 nitrogen and oxygen atoms in total. The maximum atomic E-state index is 5.82. The van der Waals surface area contributed by atoms with Crippen molar-refractivity contribution >= 4 is 5.82 Å². The molecule has 2 N–H and O–H groups in total. The summed E-state index contributed by atoms with van der Waals surface area (Å²) in [7, 11) is 0. The topological polar surface area (TPSA) is 82.5 Å². The van der Waals surface area contributed by atoms with Gasteiger partial charge < -0.3 is 5.73 Å². The number of nitrogens with two attached hydrogens (primary N) is 1. The number of anilines is 1. The van der Waals surface area contributed by atoms with Crippen LogP contribution in [-0.4, -0.2) is 25.0 Å². The summed E-state index contributed by atoms with van der Waals surface area (Å²) in [4.78, 5) is 4.59. The molecular formula is C16H12N6. The Kier molecular flexibility index (Phi) is 2.79. The smallest absolute Gasteiger partial charge is 0.208 e. The average molecular weight is 288 g/mol. The zero-order valence-corrected chi connectivity index (χ0v) is 11.6. The molecule has 2 aliphatic rings. The lowest BCUT2D eigenvalue weighted by molar-refractivity contribution is 0.820. The van der Waals surface area contributed by atoms with Gasteiger partial charge in [0.25, 0.3) is 0 Å². The molecule has 0 saturated heterocycles. The second kappa shape index (κ2) is 4.92. The van der Waals surface area contributed by atoms with Crippen molar-refractivity contribution in [3.63, 3.8) is 0 Å². The molecule has 0 bridgehead atoms. The highest BCUT2D eigenvalue weighted by Gasteiger charge is 2.20. The van der Waals surface area contributed by atoms with Crippen molar-refractivity contribution in [3.05, 3.63) is 60.7 Å². The first-order chi connectivity index (χ1) is 10.8. The Morgan fingerprint density at radius 3 is 2.23 bits per heavy atom. The second-order valence-electron chi connectivity index (χ2n) is 4.81. The van der Waals surface area contributed by atoms with Gasteiger partial charge in [-0.05, 0) is 12.1 Å². The average Bonchev–Trinajstić information content (AvgIpc) is 2.96. The summed E-state index contributed by atoms with van der Waals surface area (Å²) in [6, 6.07) is 19.6. The molecule has 22 heavy (non-hydrogen) atoms. The molecule has 106 valence electrons. The van der Waals surface area contributed by atoms with Crippen LogP contribution in [0.3, 0.4) is 0 Å². The predicted octanol–water partition coefficient (Wildman–Crippen LogP) is 2.41. The summed E-state index contributed by atoms with van der Waals surface area (Å²) < 4.78 is 1.76. The van der Waals surface area contributed by atoms with Crippen LogP contribution in [0, 0.1) is 0 Å². The number of fused-ring (bicyclic) bond motifs is 1. The summed E-state index contributed by atoms with van der Waals surface area (Å²) in [5.74, 6) is 1.43. The van der Waals surface area contributed by atoms with E-state index in [1.165, 1.54) is 0 Å². The van der Waals surface area contributed by atoms with Crippen molar-refractivity contribution in [1.29, 1.82) is 0 Å². The summed E-state index contributed by atoms with van der Waals surface area (Å²) in [6.07, 6.45) is 0. The van der Waals surface area contributed by atoms with Crippen molar-refractivity contribution in [2.45, 2.75) is 0 Å². The van der Waals surface area contributed by atoms with Gasteiger partial charge in [0.1, 0.15) is 0 Å². The van der Waals surface area contributed by atoms with E-state index < -0.39 is 0 Å². The van der Waals surface area contributed by atoms with Crippen molar-refractivity contribution in [2.75, 3.05) is 5.73 Å². The van der Waals surface area contributed by atoms with Crippen LogP contribution in [-0.2, 0) is 0 Å². The van der Waals surface area contributed by atoms with Gasteiger partial charge in [-0.15, -0.1) is 10.2 Å². The lowest BCUT2D eigenvalue weighted by Gasteiger charge is -2.13. The first kappa shape index (κ1) is 12.5. The Labute approximate surface area is 126 Å². The fraction of sp³-hybridized carbons (Fsp3) is 0. The first-order valence-corrected chi connectivity index (χ1v) is 6.83. The van der Waals surface area contributed by atoms with Gasteiger partial charge in [0, 0.05) is 5.56 Å². The molecule has 0 saturated carbocycles. The second-order valence-corrected chi connectivity index (χ2v) is 4.81. The van der Waals surface area contributed by atoms with Crippen molar-refractivity contribution < 1.29 is 0 Å². The van der Waals surface area contributed by atoms with Gasteiger partial charge in [-0.25, -0.2) is 9.67 Å². The van der Waals surface area contributed by atoms with E-state index in [1.807, 2.05) is 60.7 Å². The molecule has 2 aliphatic heterocycles. The van der Waals surface area contributed by atoms with E-state index >= 15 is 0 Å². The SMILES string of the molecule is Nc1nnc2nc(-c3ccccc3)n(-c3ccccc3)nc1-2. The zero-order chi connectivity index (χ0) is 14.9. The van der Waals surface area contributed by atoms with Gasteiger partial charge in [-0.1, -0.05) is 48.5 Å². The largest absolute Gasteiger partial charge is 0.380 e. The van der Waals surface area contributed by atoms with E-state index in [4.69, 9.17) is 5.73 Å². The summed E-state index contributed by atoms with van der Waals surface area (Å²) in [5, 5.41) is 12.4. The van der Waals surface area contributed by atoms with E-state index in [0.29, 0.717) is 17.3 Å². The lowest BCUT2D eigenvalue weighted by atomic mass is 10.2. The van der Waals surface area contributed by atoms with Crippen LogP contribution in [0.5, 0.6) is 0 Å². The van der Waals surface area contributed by atoms with E-state index in [-0.39, 0.29) is 5.82 Å². The van der Waals surface area contributed by atoms with Crippen molar-refractivity contribution in [1.82, 2.24) is 25.0 Å². The Bertz CT molecular complexity index is 885. The number of para-hydroxylation sites is 1. The summed E-state index contributed by atoms with van der Waals surface area (Å²) >= 11 is 0. The van der Waals surface area contributed by atoms with Crippen LogP contribution >= 0.6 is 0 Å². The molecular weight excluding hydrogens is 276 g/mol.